The van der Waals surface area contributed by atoms with Crippen LogP contribution < -0.4 is 0 Å². The maximum absolute atomic E-state index is 2.29. The first kappa shape index (κ1) is 9.97. The van der Waals surface area contributed by atoms with Crippen LogP contribution in [0.5, 0.6) is 0 Å². The van der Waals surface area contributed by atoms with Crippen molar-refractivity contribution in [3.05, 3.63) is 59.9 Å². The van der Waals surface area contributed by atoms with E-state index in [0.717, 1.165) is 0 Å². The molecule has 0 spiro atoms. The number of hydrogen-bond donors (Lipinski definition) is 0. The Labute approximate surface area is 98.2 Å². The Bertz CT molecular complexity index is 612. The van der Waals surface area contributed by atoms with Crippen molar-refractivity contribution in [1.82, 2.24) is 0 Å². The van der Waals surface area contributed by atoms with E-state index in [-0.39, 0.29) is 0 Å². The number of benzene rings is 2. The summed E-state index contributed by atoms with van der Waals surface area (Å²) in [5, 5.41) is 4.09. The van der Waals surface area contributed by atoms with E-state index in [1.54, 1.807) is 0 Å². The maximum atomic E-state index is 2.29. The van der Waals surface area contributed by atoms with Gasteiger partial charge in [-0.05, 0) is 33.7 Å². The molecule has 3 aromatic rings. The zero-order valence-corrected chi connectivity index (χ0v) is 10.5. The average molecular weight is 240 g/mol. The van der Waals surface area contributed by atoms with Crippen LogP contribution in [-0.4, -0.2) is 0 Å². The monoisotopic (exact) mass is 240 g/mol. The third-order valence-electron chi connectivity index (χ3n) is 2.63. The van der Waals surface area contributed by atoms with Crippen LogP contribution in [0.25, 0.3) is 21.6 Å². The average Bonchev–Trinajstić information content (AvgIpc) is 2.39. The van der Waals surface area contributed by atoms with E-state index in [2.05, 4.69) is 59.9 Å². The highest BCUT2D eigenvalue weighted by Crippen LogP contribution is 2.34. The Morgan fingerprint density at radius 2 is 1.69 bits per heavy atom. The molecule has 2 aromatic carbocycles. The molecule has 3 rings (SSSR count). The summed E-state index contributed by atoms with van der Waals surface area (Å²) in [6.45, 7) is 0. The molecule has 2 heteroatoms. The quantitative estimate of drug-likeness (QED) is 0.514. The lowest BCUT2D eigenvalue weighted by molar-refractivity contribution is 1.74. The zero-order valence-electron chi connectivity index (χ0n) is 8.67. The van der Waals surface area contributed by atoms with Crippen molar-refractivity contribution < 1.29 is 0 Å². The summed E-state index contributed by atoms with van der Waals surface area (Å²) in [5.74, 6) is 6.71. The molecule has 16 heavy (non-hydrogen) atoms. The second-order valence-electron chi connectivity index (χ2n) is 3.62. The van der Waals surface area contributed by atoms with Crippen LogP contribution in [0.4, 0.5) is 0 Å². The van der Waals surface area contributed by atoms with Gasteiger partial charge in [0.1, 0.15) is 0 Å². The Kier molecular flexibility index (Phi) is 2.70. The van der Waals surface area contributed by atoms with Crippen molar-refractivity contribution in [3.8, 4) is 10.9 Å². The molecule has 0 aliphatic heterocycles. The van der Waals surface area contributed by atoms with Crippen molar-refractivity contribution in [2.45, 2.75) is 0 Å². The summed E-state index contributed by atoms with van der Waals surface area (Å²) in [6, 6.07) is 15.1. The van der Waals surface area contributed by atoms with Gasteiger partial charge in [0.15, 0.2) is 0 Å². The van der Waals surface area contributed by atoms with E-state index < -0.39 is 0 Å². The molecule has 0 amide bonds. The van der Waals surface area contributed by atoms with Crippen molar-refractivity contribution in [1.29, 1.82) is 0 Å². The van der Waals surface area contributed by atoms with Gasteiger partial charge in [0.05, 0.1) is 0 Å². The SMILES string of the molecule is c1ccc2c(-c3cpccp3)cccc2c1. The summed E-state index contributed by atoms with van der Waals surface area (Å²) in [4.78, 5) is 0. The van der Waals surface area contributed by atoms with E-state index in [0.29, 0.717) is 0 Å². The lowest BCUT2D eigenvalue weighted by Gasteiger charge is -2.05. The van der Waals surface area contributed by atoms with Gasteiger partial charge in [-0.1, -0.05) is 58.8 Å². The highest BCUT2D eigenvalue weighted by Gasteiger charge is 2.02. The van der Waals surface area contributed by atoms with Gasteiger partial charge in [-0.3, -0.25) is 0 Å². The van der Waals surface area contributed by atoms with Crippen molar-refractivity contribution >= 4 is 27.2 Å². The van der Waals surface area contributed by atoms with Gasteiger partial charge in [-0.2, -0.15) is 0 Å². The van der Waals surface area contributed by atoms with Crippen LogP contribution in [0.1, 0.15) is 0 Å². The maximum Gasteiger partial charge on any atom is 0.0142 e. The first-order valence-corrected chi connectivity index (χ1v) is 7.19. The van der Waals surface area contributed by atoms with E-state index in [1.807, 2.05) is 0 Å². The second-order valence-corrected chi connectivity index (χ2v) is 5.51. The lowest BCUT2D eigenvalue weighted by atomic mass is 10.0. The highest BCUT2D eigenvalue weighted by molar-refractivity contribution is 7.38. The number of rotatable bonds is 1. The molecule has 0 nitrogen and oxygen atoms in total. The fourth-order valence-corrected chi connectivity index (χ4v) is 3.79. The van der Waals surface area contributed by atoms with Crippen LogP contribution in [0.2, 0.25) is 0 Å². The first-order valence-electron chi connectivity index (χ1n) is 5.19. The van der Waals surface area contributed by atoms with Crippen LogP contribution >= 0.6 is 16.4 Å². The van der Waals surface area contributed by atoms with Gasteiger partial charge in [0, 0.05) is 5.30 Å². The molecule has 0 bridgehead atoms. The smallest absolute Gasteiger partial charge is 0.0142 e. The van der Waals surface area contributed by atoms with Gasteiger partial charge in [-0.15, -0.1) is 0 Å². The van der Waals surface area contributed by atoms with Gasteiger partial charge in [-0.25, -0.2) is 0 Å². The fraction of sp³-hybridized carbons (Fsp3) is 0. The predicted octanol–water partition coefficient (Wildman–Crippen LogP) is 5.67. The summed E-state index contributed by atoms with van der Waals surface area (Å²) in [7, 11) is 2.60. The Morgan fingerprint density at radius 1 is 0.812 bits per heavy atom. The normalized spacial score (nSPS) is 11.5. The minimum absolute atomic E-state index is 1.29. The number of fused-ring (bicyclic) bond motifs is 1. The molecule has 0 N–H and O–H groups in total. The number of hydrogen-bond acceptors (Lipinski definition) is 0. The molecule has 1 heterocycles. The molecule has 0 atom stereocenters. The van der Waals surface area contributed by atoms with Crippen LogP contribution in [0, 0.1) is 0 Å². The van der Waals surface area contributed by atoms with Gasteiger partial charge >= 0.3 is 0 Å². The molecule has 0 saturated heterocycles. The molecular weight excluding hydrogens is 230 g/mol. The van der Waals surface area contributed by atoms with E-state index in [9.17, 15) is 0 Å². The highest BCUT2D eigenvalue weighted by atomic mass is 31.0. The first-order chi connectivity index (χ1) is 7.95. The van der Waals surface area contributed by atoms with Crippen LogP contribution in [-0.2, 0) is 0 Å². The van der Waals surface area contributed by atoms with Crippen molar-refractivity contribution in [2.75, 3.05) is 0 Å². The second kappa shape index (κ2) is 4.34. The largest absolute Gasteiger partial charge is 0.0751 e. The Morgan fingerprint density at radius 3 is 2.56 bits per heavy atom. The molecule has 0 aliphatic rings. The van der Waals surface area contributed by atoms with Gasteiger partial charge in [0.2, 0.25) is 0 Å². The van der Waals surface area contributed by atoms with E-state index in [1.165, 1.54) is 38.0 Å². The summed E-state index contributed by atoms with van der Waals surface area (Å²) in [5.41, 5.74) is 1.37. The standard InChI is InChI=1S/C14H10P2/c1-2-6-12-11(4-1)5-3-7-13(12)14-10-15-8-9-16-14/h1-10H. The molecule has 0 aliphatic carbocycles. The van der Waals surface area contributed by atoms with Crippen LogP contribution in [0.15, 0.2) is 59.9 Å². The molecule has 1 aromatic heterocycles. The topological polar surface area (TPSA) is 0 Å². The molecule has 0 radical (unpaired) electrons. The fourth-order valence-electron chi connectivity index (χ4n) is 1.89. The Hall–Kier alpha value is -1.22. The lowest BCUT2D eigenvalue weighted by Crippen LogP contribution is -1.77. The van der Waals surface area contributed by atoms with Gasteiger partial charge in [0.25, 0.3) is 0 Å². The minimum atomic E-state index is 1.29. The minimum Gasteiger partial charge on any atom is -0.0751 e. The zero-order chi connectivity index (χ0) is 10.8. The van der Waals surface area contributed by atoms with Crippen LogP contribution in [0.3, 0.4) is 0 Å². The molecule has 76 valence electrons. The van der Waals surface area contributed by atoms with E-state index >= 15 is 0 Å². The summed E-state index contributed by atoms with van der Waals surface area (Å²) in [6.07, 6.45) is 0. The summed E-state index contributed by atoms with van der Waals surface area (Å²) >= 11 is 0. The third-order valence-corrected chi connectivity index (χ3v) is 4.74. The van der Waals surface area contributed by atoms with Crippen molar-refractivity contribution in [3.63, 3.8) is 0 Å². The third kappa shape index (κ3) is 1.76. The Balaban J connectivity index is 2.32. The predicted molar refractivity (Wildman–Crippen MR) is 74.4 cm³/mol. The molecule has 0 saturated carbocycles. The van der Waals surface area contributed by atoms with Gasteiger partial charge < -0.3 is 0 Å². The molecule has 0 fully saturated rings. The van der Waals surface area contributed by atoms with E-state index in [4.69, 9.17) is 0 Å². The molecular formula is C14H10P2. The van der Waals surface area contributed by atoms with Crippen molar-refractivity contribution in [2.24, 2.45) is 0 Å². The summed E-state index contributed by atoms with van der Waals surface area (Å²) < 4.78 is 0. The molecule has 0 unspecified atom stereocenters.